The topological polar surface area (TPSA) is 63.2 Å². The van der Waals surface area contributed by atoms with Crippen LogP contribution in [0.25, 0.3) is 21.8 Å². The molecule has 0 aliphatic heterocycles. The lowest BCUT2D eigenvalue weighted by Crippen LogP contribution is -2.20. The number of nitrogens with one attached hydrogen (secondary N) is 2. The lowest BCUT2D eigenvalue weighted by molar-refractivity contribution is 0.150. The van der Waals surface area contributed by atoms with Crippen molar-refractivity contribution in [2.45, 2.75) is 13.3 Å². The number of aryl methyl sites for hydroxylation is 1. The SMILES string of the molecule is CNC(=O)OCCc1cccc(Nc2c3ccccc3nc3cc(C)ccc23)c1. The maximum Gasteiger partial charge on any atom is 0.406 e. The van der Waals surface area contributed by atoms with Crippen LogP contribution in [0.1, 0.15) is 11.1 Å². The summed E-state index contributed by atoms with van der Waals surface area (Å²) < 4.78 is 5.10. The van der Waals surface area contributed by atoms with Crippen molar-refractivity contribution in [3.63, 3.8) is 0 Å². The molecule has 2 N–H and O–H groups in total. The van der Waals surface area contributed by atoms with Crippen molar-refractivity contribution in [1.82, 2.24) is 10.3 Å². The number of para-hydroxylation sites is 1. The van der Waals surface area contributed by atoms with Crippen LogP contribution >= 0.6 is 0 Å². The number of hydrogen-bond acceptors (Lipinski definition) is 4. The Kier molecular flexibility index (Phi) is 5.29. The van der Waals surface area contributed by atoms with Gasteiger partial charge < -0.3 is 15.4 Å². The van der Waals surface area contributed by atoms with Gasteiger partial charge in [-0.25, -0.2) is 9.78 Å². The molecule has 0 atom stereocenters. The van der Waals surface area contributed by atoms with E-state index < -0.39 is 6.09 Å². The standard InChI is InChI=1S/C24H23N3O2/c1-16-10-11-20-22(14-16)27-21-9-4-3-8-19(21)23(20)26-18-7-5-6-17(15-18)12-13-29-24(28)25-2/h3-11,14-15H,12-13H2,1-2H3,(H,25,28)(H,26,27). The second-order valence-electron chi connectivity index (χ2n) is 6.99. The number of carbonyl (C=O) groups excluding carboxylic acids is 1. The van der Waals surface area contributed by atoms with E-state index in [1.165, 1.54) is 5.56 Å². The van der Waals surface area contributed by atoms with E-state index in [4.69, 9.17) is 9.72 Å². The molecule has 1 amide bonds. The van der Waals surface area contributed by atoms with Gasteiger partial charge in [0.2, 0.25) is 0 Å². The lowest BCUT2D eigenvalue weighted by Gasteiger charge is -2.14. The fourth-order valence-corrected chi connectivity index (χ4v) is 3.42. The Morgan fingerprint density at radius 3 is 2.66 bits per heavy atom. The van der Waals surface area contributed by atoms with Crippen LogP contribution in [-0.2, 0) is 11.2 Å². The summed E-state index contributed by atoms with van der Waals surface area (Å²) in [6.45, 7) is 2.41. The summed E-state index contributed by atoms with van der Waals surface area (Å²) in [4.78, 5) is 16.1. The zero-order valence-electron chi connectivity index (χ0n) is 16.5. The molecule has 0 aliphatic rings. The Hall–Kier alpha value is -3.60. The molecule has 29 heavy (non-hydrogen) atoms. The first-order valence-electron chi connectivity index (χ1n) is 9.63. The summed E-state index contributed by atoms with van der Waals surface area (Å²) in [5.41, 5.74) is 6.25. The van der Waals surface area contributed by atoms with E-state index >= 15 is 0 Å². The average molecular weight is 385 g/mol. The van der Waals surface area contributed by atoms with E-state index in [2.05, 4.69) is 47.9 Å². The summed E-state index contributed by atoms with van der Waals surface area (Å²) in [5.74, 6) is 0. The molecule has 4 aromatic rings. The van der Waals surface area contributed by atoms with Crippen LogP contribution in [0.3, 0.4) is 0 Å². The molecule has 5 nitrogen and oxygen atoms in total. The molecule has 1 aromatic heterocycles. The maximum atomic E-state index is 11.2. The first kappa shape index (κ1) is 18.7. The van der Waals surface area contributed by atoms with Crippen LogP contribution in [-0.4, -0.2) is 24.7 Å². The van der Waals surface area contributed by atoms with Gasteiger partial charge in [0.15, 0.2) is 0 Å². The van der Waals surface area contributed by atoms with Crippen LogP contribution in [0.4, 0.5) is 16.2 Å². The highest BCUT2D eigenvalue weighted by atomic mass is 16.5. The second kappa shape index (κ2) is 8.19. The van der Waals surface area contributed by atoms with E-state index in [-0.39, 0.29) is 0 Å². The summed E-state index contributed by atoms with van der Waals surface area (Å²) >= 11 is 0. The number of ether oxygens (including phenoxy) is 1. The normalized spacial score (nSPS) is 10.8. The molecule has 146 valence electrons. The summed E-state index contributed by atoms with van der Waals surface area (Å²) in [7, 11) is 1.55. The fraction of sp³-hybridized carbons (Fsp3) is 0.167. The molecule has 0 fully saturated rings. The second-order valence-corrected chi connectivity index (χ2v) is 6.99. The van der Waals surface area contributed by atoms with E-state index in [9.17, 15) is 4.79 Å². The molecule has 0 saturated heterocycles. The third kappa shape index (κ3) is 4.14. The quantitative estimate of drug-likeness (QED) is 0.455. The minimum absolute atomic E-state index is 0.337. The van der Waals surface area contributed by atoms with Crippen LogP contribution < -0.4 is 10.6 Å². The maximum absolute atomic E-state index is 11.2. The molecule has 0 spiro atoms. The number of pyridine rings is 1. The predicted octanol–water partition coefficient (Wildman–Crippen LogP) is 5.34. The molecule has 0 unspecified atom stereocenters. The highest BCUT2D eigenvalue weighted by molar-refractivity contribution is 6.08. The third-order valence-electron chi connectivity index (χ3n) is 4.86. The molecule has 4 rings (SSSR count). The van der Waals surface area contributed by atoms with Crippen molar-refractivity contribution in [2.24, 2.45) is 0 Å². The van der Waals surface area contributed by atoms with Gasteiger partial charge in [-0.05, 0) is 42.3 Å². The van der Waals surface area contributed by atoms with Crippen molar-refractivity contribution >= 4 is 39.3 Å². The third-order valence-corrected chi connectivity index (χ3v) is 4.86. The monoisotopic (exact) mass is 385 g/mol. The predicted molar refractivity (Wildman–Crippen MR) is 118 cm³/mol. The zero-order valence-corrected chi connectivity index (χ0v) is 16.5. The lowest BCUT2D eigenvalue weighted by atomic mass is 10.1. The smallest absolute Gasteiger partial charge is 0.406 e. The van der Waals surface area contributed by atoms with Crippen LogP contribution in [0, 0.1) is 6.92 Å². The van der Waals surface area contributed by atoms with Crippen molar-refractivity contribution in [1.29, 1.82) is 0 Å². The molecule has 0 bridgehead atoms. The molecule has 0 saturated carbocycles. The first-order chi connectivity index (χ1) is 14.1. The van der Waals surface area contributed by atoms with E-state index in [1.54, 1.807) is 7.05 Å². The number of alkyl carbamates (subject to hydrolysis) is 1. The number of hydrogen-bond donors (Lipinski definition) is 2. The molecule has 0 aliphatic carbocycles. The van der Waals surface area contributed by atoms with Gasteiger partial charge in [0.05, 0.1) is 23.3 Å². The highest BCUT2D eigenvalue weighted by Gasteiger charge is 2.10. The Morgan fingerprint density at radius 2 is 1.79 bits per heavy atom. The Labute approximate surface area is 169 Å². The molecule has 3 aromatic carbocycles. The number of benzene rings is 3. The van der Waals surface area contributed by atoms with Gasteiger partial charge in [0.25, 0.3) is 0 Å². The minimum Gasteiger partial charge on any atom is -0.449 e. The molecular weight excluding hydrogens is 362 g/mol. The fourth-order valence-electron chi connectivity index (χ4n) is 3.42. The summed E-state index contributed by atoms with van der Waals surface area (Å²) in [6, 6.07) is 22.7. The van der Waals surface area contributed by atoms with Crippen LogP contribution in [0.2, 0.25) is 0 Å². The van der Waals surface area contributed by atoms with Gasteiger partial charge in [-0.3, -0.25) is 0 Å². The summed E-state index contributed by atoms with van der Waals surface area (Å²) in [6.07, 6.45) is 0.240. The number of anilines is 2. The van der Waals surface area contributed by atoms with Gasteiger partial charge in [-0.15, -0.1) is 0 Å². The van der Waals surface area contributed by atoms with Crippen molar-refractivity contribution < 1.29 is 9.53 Å². The number of nitrogens with zero attached hydrogens (tertiary/aromatic N) is 1. The molecule has 1 heterocycles. The number of amides is 1. The number of carbonyl (C=O) groups is 1. The first-order valence-corrected chi connectivity index (χ1v) is 9.63. The van der Waals surface area contributed by atoms with E-state index in [0.717, 1.165) is 38.7 Å². The molecule has 5 heteroatoms. The largest absolute Gasteiger partial charge is 0.449 e. The van der Waals surface area contributed by atoms with Gasteiger partial charge in [0.1, 0.15) is 0 Å². The highest BCUT2D eigenvalue weighted by Crippen LogP contribution is 2.33. The average Bonchev–Trinajstić information content (AvgIpc) is 2.73. The Balaban J connectivity index is 1.68. The van der Waals surface area contributed by atoms with Crippen molar-refractivity contribution in [2.75, 3.05) is 19.0 Å². The Bertz CT molecular complexity index is 1190. The van der Waals surface area contributed by atoms with Gasteiger partial charge in [-0.2, -0.15) is 0 Å². The van der Waals surface area contributed by atoms with Gasteiger partial charge in [-0.1, -0.05) is 42.5 Å². The van der Waals surface area contributed by atoms with Crippen molar-refractivity contribution in [3.05, 3.63) is 77.9 Å². The minimum atomic E-state index is -0.413. The number of rotatable bonds is 5. The molecule has 0 radical (unpaired) electrons. The van der Waals surface area contributed by atoms with Crippen LogP contribution in [0.5, 0.6) is 0 Å². The van der Waals surface area contributed by atoms with Crippen molar-refractivity contribution in [3.8, 4) is 0 Å². The van der Waals surface area contributed by atoms with Crippen LogP contribution in [0.15, 0.2) is 66.7 Å². The van der Waals surface area contributed by atoms with E-state index in [1.807, 2.05) is 36.4 Å². The number of fused-ring (bicyclic) bond motifs is 2. The van der Waals surface area contributed by atoms with Gasteiger partial charge in [0, 0.05) is 29.9 Å². The molecular formula is C24H23N3O2. The van der Waals surface area contributed by atoms with E-state index in [0.29, 0.717) is 13.0 Å². The summed E-state index contributed by atoms with van der Waals surface area (Å²) in [5, 5.41) is 8.22. The zero-order chi connectivity index (χ0) is 20.2. The van der Waals surface area contributed by atoms with Gasteiger partial charge >= 0.3 is 6.09 Å². The Morgan fingerprint density at radius 1 is 0.966 bits per heavy atom. The number of aromatic nitrogens is 1.